The maximum atomic E-state index is 11.8. The first-order chi connectivity index (χ1) is 9.15. The molecule has 2 aromatic carbocycles. The molecule has 0 radical (unpaired) electrons. The Bertz CT molecular complexity index is 823. The second-order valence-corrected chi connectivity index (χ2v) is 4.02. The fourth-order valence-corrected chi connectivity index (χ4v) is 1.79. The lowest BCUT2D eigenvalue weighted by molar-refractivity contribution is 0.403. The smallest absolute Gasteiger partial charge is 0.284 e. The number of benzene rings is 2. The Morgan fingerprint density at radius 1 is 1.00 bits per heavy atom. The number of fused-ring (bicyclic) bond motifs is 1. The molecule has 0 unspecified atom stereocenters. The minimum absolute atomic E-state index is 0.0963. The molecule has 19 heavy (non-hydrogen) atoms. The zero-order valence-corrected chi connectivity index (χ0v) is 9.70. The number of para-hydroxylation sites is 1. The minimum atomic E-state index is -0.399. The van der Waals surface area contributed by atoms with Gasteiger partial charge in [0.1, 0.15) is 5.58 Å². The Hall–Kier alpha value is -2.82. The first-order valence-electron chi connectivity index (χ1n) is 5.57. The molecule has 1 heterocycles. The predicted molar refractivity (Wildman–Crippen MR) is 69.0 cm³/mol. The van der Waals surface area contributed by atoms with E-state index in [9.17, 15) is 15.0 Å². The fourth-order valence-electron chi connectivity index (χ4n) is 1.79. The van der Waals surface area contributed by atoms with Crippen LogP contribution in [0.25, 0.3) is 22.4 Å². The van der Waals surface area contributed by atoms with Crippen molar-refractivity contribution in [1.82, 2.24) is 4.98 Å². The molecule has 5 nitrogen and oxygen atoms in total. The summed E-state index contributed by atoms with van der Waals surface area (Å²) in [6, 6.07) is 10.9. The highest BCUT2D eigenvalue weighted by atomic mass is 16.3. The summed E-state index contributed by atoms with van der Waals surface area (Å²) in [6.45, 7) is 0. The van der Waals surface area contributed by atoms with Crippen LogP contribution in [0.3, 0.4) is 0 Å². The summed E-state index contributed by atoms with van der Waals surface area (Å²) in [7, 11) is 0. The van der Waals surface area contributed by atoms with Crippen molar-refractivity contribution in [2.24, 2.45) is 0 Å². The van der Waals surface area contributed by atoms with E-state index in [4.69, 9.17) is 4.42 Å². The van der Waals surface area contributed by atoms with Gasteiger partial charge in [-0.15, -0.1) is 0 Å². The van der Waals surface area contributed by atoms with E-state index in [1.54, 1.807) is 24.3 Å². The first-order valence-corrected chi connectivity index (χ1v) is 5.57. The van der Waals surface area contributed by atoms with Crippen molar-refractivity contribution in [2.75, 3.05) is 0 Å². The number of phenolic OH excluding ortho intramolecular Hbond substituents is 2. The largest absolute Gasteiger partial charge is 0.504 e. The third kappa shape index (κ3) is 1.91. The van der Waals surface area contributed by atoms with E-state index in [1.807, 2.05) is 0 Å². The zero-order valence-electron chi connectivity index (χ0n) is 9.70. The molecule has 0 aliphatic carbocycles. The number of phenols is 2. The van der Waals surface area contributed by atoms with Gasteiger partial charge in [0.05, 0.1) is 5.39 Å². The highest BCUT2D eigenvalue weighted by molar-refractivity contribution is 5.76. The molecule has 0 fully saturated rings. The van der Waals surface area contributed by atoms with Gasteiger partial charge in [0.25, 0.3) is 5.56 Å². The topological polar surface area (TPSA) is 83.6 Å². The monoisotopic (exact) mass is 255 g/mol. The Labute approximate surface area is 107 Å². The first kappa shape index (κ1) is 11.3. The van der Waals surface area contributed by atoms with Crippen LogP contribution in [0.5, 0.6) is 11.5 Å². The van der Waals surface area contributed by atoms with Gasteiger partial charge in [0, 0.05) is 5.56 Å². The van der Waals surface area contributed by atoms with Crippen LogP contribution >= 0.6 is 0 Å². The minimum Gasteiger partial charge on any atom is -0.504 e. The average Bonchev–Trinajstić information content (AvgIpc) is 2.42. The Kier molecular flexibility index (Phi) is 2.45. The molecule has 0 spiro atoms. The van der Waals surface area contributed by atoms with Gasteiger partial charge in [-0.2, -0.15) is 4.98 Å². The second-order valence-electron chi connectivity index (χ2n) is 4.02. The summed E-state index contributed by atoms with van der Waals surface area (Å²) in [5.41, 5.74) is 0.438. The number of rotatable bonds is 1. The van der Waals surface area contributed by atoms with E-state index in [2.05, 4.69) is 4.98 Å². The van der Waals surface area contributed by atoms with E-state index in [0.717, 1.165) is 0 Å². The summed E-state index contributed by atoms with van der Waals surface area (Å²) in [4.78, 5) is 15.7. The van der Waals surface area contributed by atoms with Gasteiger partial charge >= 0.3 is 0 Å². The second kappa shape index (κ2) is 4.13. The van der Waals surface area contributed by atoms with Crippen molar-refractivity contribution < 1.29 is 14.6 Å². The Morgan fingerprint density at radius 2 is 1.79 bits per heavy atom. The zero-order chi connectivity index (χ0) is 13.4. The molecule has 94 valence electrons. The van der Waals surface area contributed by atoms with Crippen molar-refractivity contribution >= 4 is 11.0 Å². The normalized spacial score (nSPS) is 10.7. The van der Waals surface area contributed by atoms with Gasteiger partial charge in [-0.3, -0.25) is 4.79 Å². The van der Waals surface area contributed by atoms with Crippen LogP contribution in [-0.4, -0.2) is 15.2 Å². The molecular weight excluding hydrogens is 246 g/mol. The molecule has 5 heteroatoms. The summed E-state index contributed by atoms with van der Waals surface area (Å²) in [6.07, 6.45) is 0. The highest BCUT2D eigenvalue weighted by Crippen LogP contribution is 2.29. The lowest BCUT2D eigenvalue weighted by Gasteiger charge is -2.03. The standard InChI is InChI=1S/C14H9NO4/c16-10-6-5-8(7-11(10)17)14-15-13(18)9-3-1-2-4-12(9)19-14/h1-7,16-17H. The van der Waals surface area contributed by atoms with E-state index in [0.29, 0.717) is 16.5 Å². The maximum absolute atomic E-state index is 11.8. The number of aromatic hydroxyl groups is 2. The molecule has 0 amide bonds. The molecule has 3 aromatic rings. The lowest BCUT2D eigenvalue weighted by atomic mass is 10.2. The number of hydrogen-bond donors (Lipinski definition) is 2. The number of nitrogens with zero attached hydrogens (tertiary/aromatic N) is 1. The predicted octanol–water partition coefficient (Wildman–Crippen LogP) is 2.27. The molecule has 0 saturated heterocycles. The van der Waals surface area contributed by atoms with Gasteiger partial charge in [0.2, 0.25) is 5.89 Å². The van der Waals surface area contributed by atoms with Gasteiger partial charge in [0.15, 0.2) is 11.5 Å². The third-order valence-corrected chi connectivity index (χ3v) is 2.75. The highest BCUT2D eigenvalue weighted by Gasteiger charge is 2.10. The van der Waals surface area contributed by atoms with Gasteiger partial charge in [-0.1, -0.05) is 12.1 Å². The SMILES string of the molecule is O=c1nc(-c2ccc(O)c(O)c2)oc2ccccc12. The number of aromatic nitrogens is 1. The van der Waals surface area contributed by atoms with Crippen LogP contribution in [0.15, 0.2) is 51.7 Å². The van der Waals surface area contributed by atoms with Gasteiger partial charge in [-0.25, -0.2) is 0 Å². The van der Waals surface area contributed by atoms with Crippen molar-refractivity contribution in [3.05, 3.63) is 52.8 Å². The Balaban J connectivity index is 2.25. The summed E-state index contributed by atoms with van der Waals surface area (Å²) in [5.74, 6) is -0.444. The van der Waals surface area contributed by atoms with E-state index in [-0.39, 0.29) is 17.4 Å². The van der Waals surface area contributed by atoms with Crippen LogP contribution in [0.4, 0.5) is 0 Å². The third-order valence-electron chi connectivity index (χ3n) is 2.75. The van der Waals surface area contributed by atoms with Crippen LogP contribution in [0.1, 0.15) is 0 Å². The Morgan fingerprint density at radius 3 is 2.58 bits per heavy atom. The average molecular weight is 255 g/mol. The van der Waals surface area contributed by atoms with Crippen LogP contribution < -0.4 is 5.56 Å². The molecule has 1 aromatic heterocycles. The van der Waals surface area contributed by atoms with Crippen LogP contribution in [-0.2, 0) is 0 Å². The van der Waals surface area contributed by atoms with Gasteiger partial charge in [-0.05, 0) is 30.3 Å². The maximum Gasteiger partial charge on any atom is 0.284 e. The van der Waals surface area contributed by atoms with Crippen LogP contribution in [0, 0.1) is 0 Å². The molecule has 0 bridgehead atoms. The molecular formula is C14H9NO4. The quantitative estimate of drug-likeness (QED) is 0.651. The van der Waals surface area contributed by atoms with E-state index in [1.165, 1.54) is 18.2 Å². The van der Waals surface area contributed by atoms with Crippen molar-refractivity contribution in [2.45, 2.75) is 0 Å². The molecule has 0 saturated carbocycles. The van der Waals surface area contributed by atoms with E-state index < -0.39 is 5.56 Å². The summed E-state index contributed by atoms with van der Waals surface area (Å²) in [5, 5.41) is 19.1. The fraction of sp³-hybridized carbons (Fsp3) is 0. The molecule has 3 rings (SSSR count). The van der Waals surface area contributed by atoms with Crippen molar-refractivity contribution in [3.63, 3.8) is 0 Å². The van der Waals surface area contributed by atoms with Crippen molar-refractivity contribution in [3.8, 4) is 23.0 Å². The molecule has 2 N–H and O–H groups in total. The lowest BCUT2D eigenvalue weighted by Crippen LogP contribution is -2.06. The molecule has 0 aliphatic heterocycles. The number of hydrogen-bond acceptors (Lipinski definition) is 5. The molecule has 0 aliphatic rings. The van der Waals surface area contributed by atoms with E-state index >= 15 is 0 Å². The van der Waals surface area contributed by atoms with Gasteiger partial charge < -0.3 is 14.6 Å². The summed E-state index contributed by atoms with van der Waals surface area (Å²) < 4.78 is 5.52. The molecule has 0 atom stereocenters. The van der Waals surface area contributed by atoms with Crippen molar-refractivity contribution in [1.29, 1.82) is 0 Å². The van der Waals surface area contributed by atoms with Crippen LogP contribution in [0.2, 0.25) is 0 Å². The summed E-state index contributed by atoms with van der Waals surface area (Å²) >= 11 is 0.